The zero-order valence-electron chi connectivity index (χ0n) is 15.9. The second-order valence-electron chi connectivity index (χ2n) is 7.16. The second kappa shape index (κ2) is 7.84. The number of halogens is 1. The minimum absolute atomic E-state index is 0.117. The maximum absolute atomic E-state index is 14.2. The van der Waals surface area contributed by atoms with Gasteiger partial charge in [-0.1, -0.05) is 30.3 Å². The molecule has 0 amide bonds. The van der Waals surface area contributed by atoms with E-state index in [4.69, 9.17) is 0 Å². The molecule has 28 heavy (non-hydrogen) atoms. The van der Waals surface area contributed by atoms with Crippen LogP contribution in [0.4, 0.5) is 4.39 Å². The molecule has 1 aliphatic rings. The molecule has 1 aliphatic carbocycles. The molecule has 0 aliphatic heterocycles. The Balaban J connectivity index is 1.33. The number of benzene rings is 2. The van der Waals surface area contributed by atoms with Gasteiger partial charge in [-0.05, 0) is 48.2 Å². The first-order valence-electron chi connectivity index (χ1n) is 9.49. The van der Waals surface area contributed by atoms with E-state index < -0.39 is 0 Å². The lowest BCUT2D eigenvalue weighted by Crippen LogP contribution is -2.41. The highest BCUT2D eigenvalue weighted by Crippen LogP contribution is 2.48. The lowest BCUT2D eigenvalue weighted by Gasteiger charge is -2.19. The standard InChI is InChI=1S/C22H24FN5/c1-24-21(26-16-22(11-12-22)19-5-2-3-6-20(19)23)25-15-17-7-9-18(10-8-17)28-14-4-13-27-28/h2-10,13-14H,11-12,15-16H2,1H3,(H2,24,25,26). The van der Waals surface area contributed by atoms with Crippen molar-refractivity contribution in [3.63, 3.8) is 0 Å². The number of aromatic nitrogens is 2. The van der Waals surface area contributed by atoms with Gasteiger partial charge < -0.3 is 10.6 Å². The summed E-state index contributed by atoms with van der Waals surface area (Å²) in [5.41, 5.74) is 2.85. The quantitative estimate of drug-likeness (QED) is 0.511. The summed E-state index contributed by atoms with van der Waals surface area (Å²) in [6.45, 7) is 1.33. The average Bonchev–Trinajstić information content (AvgIpc) is 3.31. The number of nitrogens with zero attached hydrogens (tertiary/aromatic N) is 3. The average molecular weight is 377 g/mol. The van der Waals surface area contributed by atoms with Crippen molar-refractivity contribution in [2.75, 3.05) is 13.6 Å². The van der Waals surface area contributed by atoms with E-state index >= 15 is 0 Å². The lowest BCUT2D eigenvalue weighted by atomic mass is 9.95. The smallest absolute Gasteiger partial charge is 0.191 e. The number of aliphatic imine (C=N–C) groups is 1. The third-order valence-electron chi connectivity index (χ3n) is 5.28. The van der Waals surface area contributed by atoms with Gasteiger partial charge in [0.1, 0.15) is 5.82 Å². The molecule has 6 heteroatoms. The Hall–Kier alpha value is -3.15. The van der Waals surface area contributed by atoms with Crippen molar-refractivity contribution in [2.45, 2.75) is 24.8 Å². The fraction of sp³-hybridized carbons (Fsp3) is 0.273. The normalized spacial score (nSPS) is 15.3. The summed E-state index contributed by atoms with van der Waals surface area (Å²) < 4.78 is 16.0. The largest absolute Gasteiger partial charge is 0.356 e. The van der Waals surface area contributed by atoms with Gasteiger partial charge in [0.05, 0.1) is 5.69 Å². The first-order valence-corrected chi connectivity index (χ1v) is 9.49. The molecule has 1 heterocycles. The zero-order chi connectivity index (χ0) is 19.4. The van der Waals surface area contributed by atoms with Crippen molar-refractivity contribution in [3.8, 4) is 5.69 Å². The maximum atomic E-state index is 14.2. The van der Waals surface area contributed by atoms with Crippen LogP contribution in [0.3, 0.4) is 0 Å². The van der Waals surface area contributed by atoms with Gasteiger partial charge in [0.15, 0.2) is 5.96 Å². The monoisotopic (exact) mass is 377 g/mol. The molecule has 0 saturated heterocycles. The third-order valence-corrected chi connectivity index (χ3v) is 5.28. The van der Waals surface area contributed by atoms with E-state index in [1.807, 2.05) is 41.2 Å². The molecule has 0 radical (unpaired) electrons. The Kier molecular flexibility index (Phi) is 5.10. The van der Waals surface area contributed by atoms with E-state index in [0.717, 1.165) is 35.6 Å². The molecule has 0 bridgehead atoms. The summed E-state index contributed by atoms with van der Waals surface area (Å²) in [4.78, 5) is 4.29. The van der Waals surface area contributed by atoms with Crippen LogP contribution in [0.25, 0.3) is 5.69 Å². The van der Waals surface area contributed by atoms with Gasteiger partial charge in [0.25, 0.3) is 0 Å². The molecule has 2 N–H and O–H groups in total. The Morgan fingerprint density at radius 2 is 1.89 bits per heavy atom. The molecule has 0 spiro atoms. The van der Waals surface area contributed by atoms with Crippen LogP contribution in [-0.4, -0.2) is 29.3 Å². The second-order valence-corrected chi connectivity index (χ2v) is 7.16. The van der Waals surface area contributed by atoms with E-state index in [0.29, 0.717) is 13.1 Å². The Morgan fingerprint density at radius 3 is 2.54 bits per heavy atom. The molecular formula is C22H24FN5. The molecule has 1 saturated carbocycles. The van der Waals surface area contributed by atoms with Crippen LogP contribution >= 0.6 is 0 Å². The first-order chi connectivity index (χ1) is 13.7. The molecule has 1 aromatic heterocycles. The minimum atomic E-state index is -0.123. The van der Waals surface area contributed by atoms with Crippen molar-refractivity contribution in [3.05, 3.63) is 83.9 Å². The molecule has 1 fully saturated rings. The predicted molar refractivity (Wildman–Crippen MR) is 109 cm³/mol. The topological polar surface area (TPSA) is 54.2 Å². The number of hydrogen-bond acceptors (Lipinski definition) is 2. The molecule has 3 aromatic rings. The molecule has 0 atom stereocenters. The van der Waals surface area contributed by atoms with Crippen LogP contribution < -0.4 is 10.6 Å². The zero-order valence-corrected chi connectivity index (χ0v) is 15.9. The molecule has 4 rings (SSSR count). The highest BCUT2D eigenvalue weighted by atomic mass is 19.1. The van der Waals surface area contributed by atoms with Gasteiger partial charge in [-0.15, -0.1) is 0 Å². The Labute approximate surface area is 164 Å². The minimum Gasteiger partial charge on any atom is -0.356 e. The van der Waals surface area contributed by atoms with Crippen molar-refractivity contribution in [1.82, 2.24) is 20.4 Å². The number of hydrogen-bond donors (Lipinski definition) is 2. The number of rotatable bonds is 6. The van der Waals surface area contributed by atoms with E-state index in [-0.39, 0.29) is 11.2 Å². The number of guanidine groups is 1. The van der Waals surface area contributed by atoms with E-state index in [2.05, 4.69) is 32.9 Å². The molecular weight excluding hydrogens is 353 g/mol. The lowest BCUT2D eigenvalue weighted by molar-refractivity contribution is 0.559. The summed E-state index contributed by atoms with van der Waals surface area (Å²) in [7, 11) is 1.75. The third kappa shape index (κ3) is 3.91. The SMILES string of the molecule is CN=C(NCc1ccc(-n2cccn2)cc1)NCC1(c2ccccc2F)CC1. The summed E-state index contributed by atoms with van der Waals surface area (Å²) in [6.07, 6.45) is 5.67. The van der Waals surface area contributed by atoms with Gasteiger partial charge in [-0.2, -0.15) is 5.10 Å². The summed E-state index contributed by atoms with van der Waals surface area (Å²) in [6, 6.07) is 17.2. The van der Waals surface area contributed by atoms with Crippen molar-refractivity contribution >= 4 is 5.96 Å². The van der Waals surface area contributed by atoms with Gasteiger partial charge in [-0.3, -0.25) is 4.99 Å². The molecule has 5 nitrogen and oxygen atoms in total. The predicted octanol–water partition coefficient (Wildman–Crippen LogP) is 3.41. The van der Waals surface area contributed by atoms with Crippen LogP contribution in [-0.2, 0) is 12.0 Å². The fourth-order valence-corrected chi connectivity index (χ4v) is 3.43. The van der Waals surface area contributed by atoms with Crippen molar-refractivity contribution < 1.29 is 4.39 Å². The van der Waals surface area contributed by atoms with Gasteiger partial charge >= 0.3 is 0 Å². The molecule has 2 aromatic carbocycles. The highest BCUT2D eigenvalue weighted by molar-refractivity contribution is 5.79. The van der Waals surface area contributed by atoms with Crippen LogP contribution in [0.1, 0.15) is 24.0 Å². The summed E-state index contributed by atoms with van der Waals surface area (Å²) in [5, 5.41) is 10.9. The molecule has 0 unspecified atom stereocenters. The van der Waals surface area contributed by atoms with Gasteiger partial charge in [0, 0.05) is 37.9 Å². The van der Waals surface area contributed by atoms with E-state index in [1.165, 1.54) is 6.07 Å². The molecule has 144 valence electrons. The van der Waals surface area contributed by atoms with Crippen molar-refractivity contribution in [1.29, 1.82) is 0 Å². The van der Waals surface area contributed by atoms with Crippen LogP contribution in [0, 0.1) is 5.82 Å². The summed E-state index contributed by atoms with van der Waals surface area (Å²) >= 11 is 0. The van der Waals surface area contributed by atoms with Gasteiger partial charge in [0.2, 0.25) is 0 Å². The van der Waals surface area contributed by atoms with Crippen molar-refractivity contribution in [2.24, 2.45) is 4.99 Å². The van der Waals surface area contributed by atoms with Gasteiger partial charge in [-0.25, -0.2) is 9.07 Å². The van der Waals surface area contributed by atoms with Crippen LogP contribution in [0.15, 0.2) is 72.0 Å². The Morgan fingerprint density at radius 1 is 1.11 bits per heavy atom. The van der Waals surface area contributed by atoms with Crippen LogP contribution in [0.2, 0.25) is 0 Å². The van der Waals surface area contributed by atoms with E-state index in [9.17, 15) is 4.39 Å². The maximum Gasteiger partial charge on any atom is 0.191 e. The summed E-state index contributed by atoms with van der Waals surface area (Å²) in [5.74, 6) is 0.598. The number of nitrogens with one attached hydrogen (secondary N) is 2. The fourth-order valence-electron chi connectivity index (χ4n) is 3.43. The van der Waals surface area contributed by atoms with E-state index in [1.54, 1.807) is 19.3 Å². The first kappa shape index (κ1) is 18.2. The highest BCUT2D eigenvalue weighted by Gasteiger charge is 2.45. The Bertz CT molecular complexity index is 943. The van der Waals surface area contributed by atoms with Crippen LogP contribution in [0.5, 0.6) is 0 Å².